The summed E-state index contributed by atoms with van der Waals surface area (Å²) in [7, 11) is 1.54. The van der Waals surface area contributed by atoms with Crippen LogP contribution in [0.1, 0.15) is 35.6 Å². The number of carbonyl (C=O) groups excluding carboxylic acids is 1. The third kappa shape index (κ3) is 4.65. The van der Waals surface area contributed by atoms with Gasteiger partial charge in [0.1, 0.15) is 5.84 Å². The molecule has 1 amide bonds. The van der Waals surface area contributed by atoms with Gasteiger partial charge in [0.05, 0.1) is 0 Å². The van der Waals surface area contributed by atoms with E-state index in [0.29, 0.717) is 12.1 Å². The second-order valence-corrected chi connectivity index (χ2v) is 6.73. The average molecular weight is 366 g/mol. The van der Waals surface area contributed by atoms with Gasteiger partial charge in [-0.05, 0) is 36.1 Å². The van der Waals surface area contributed by atoms with Crippen LogP contribution in [0.2, 0.25) is 0 Å². The van der Waals surface area contributed by atoms with Gasteiger partial charge in [0.25, 0.3) is 5.91 Å². The minimum Gasteiger partial charge on any atom is -0.384 e. The molecular formula is C21H26N4O2. The van der Waals surface area contributed by atoms with Crippen molar-refractivity contribution in [3.05, 3.63) is 65.2 Å². The fourth-order valence-electron chi connectivity index (χ4n) is 3.31. The van der Waals surface area contributed by atoms with Crippen molar-refractivity contribution in [1.82, 2.24) is 5.32 Å². The number of benzene rings is 2. The fraction of sp³-hybridized carbons (Fsp3) is 0.333. The lowest BCUT2D eigenvalue weighted by atomic mass is 10.1. The van der Waals surface area contributed by atoms with E-state index in [2.05, 4.69) is 22.3 Å². The summed E-state index contributed by atoms with van der Waals surface area (Å²) in [5, 5.41) is 10.3. The molecule has 1 heterocycles. The number of hydrogen-bond acceptors (Lipinski definition) is 4. The highest BCUT2D eigenvalue weighted by Crippen LogP contribution is 2.24. The maximum absolute atomic E-state index is 12.6. The van der Waals surface area contributed by atoms with Crippen LogP contribution < -0.4 is 16.0 Å². The van der Waals surface area contributed by atoms with Gasteiger partial charge in [-0.3, -0.25) is 10.2 Å². The van der Waals surface area contributed by atoms with E-state index < -0.39 is 6.10 Å². The highest BCUT2D eigenvalue weighted by atomic mass is 16.5. The van der Waals surface area contributed by atoms with Crippen LogP contribution in [-0.2, 0) is 16.1 Å². The van der Waals surface area contributed by atoms with Crippen LogP contribution in [0, 0.1) is 5.41 Å². The zero-order valence-corrected chi connectivity index (χ0v) is 15.6. The molecular weight excluding hydrogens is 340 g/mol. The van der Waals surface area contributed by atoms with E-state index in [9.17, 15) is 4.79 Å². The molecule has 2 aromatic carbocycles. The van der Waals surface area contributed by atoms with Crippen LogP contribution >= 0.6 is 0 Å². The summed E-state index contributed by atoms with van der Waals surface area (Å²) in [5.74, 6) is -0.149. The van der Waals surface area contributed by atoms with Gasteiger partial charge >= 0.3 is 0 Å². The first-order chi connectivity index (χ1) is 13.1. The smallest absolute Gasteiger partial charge is 0.254 e. The number of carbonyl (C=O) groups is 1. The number of methoxy groups -OCH3 is 1. The number of amidine groups is 1. The molecule has 0 radical (unpaired) electrons. The second-order valence-electron chi connectivity index (χ2n) is 6.73. The lowest BCUT2D eigenvalue weighted by Crippen LogP contribution is -2.30. The quantitative estimate of drug-likeness (QED) is 0.519. The van der Waals surface area contributed by atoms with E-state index >= 15 is 0 Å². The summed E-state index contributed by atoms with van der Waals surface area (Å²) < 4.78 is 5.43. The molecule has 0 bridgehead atoms. The van der Waals surface area contributed by atoms with Crippen LogP contribution in [0.4, 0.5) is 5.69 Å². The lowest BCUT2D eigenvalue weighted by Gasteiger charge is -2.20. The average Bonchev–Trinajstić information content (AvgIpc) is 3.22. The second kappa shape index (κ2) is 8.68. The molecule has 0 aromatic heterocycles. The molecule has 1 atom stereocenters. The molecule has 142 valence electrons. The third-order valence-corrected chi connectivity index (χ3v) is 4.87. The van der Waals surface area contributed by atoms with Gasteiger partial charge in [-0.25, -0.2) is 0 Å². The number of ether oxygens (including phenoxy) is 1. The third-order valence-electron chi connectivity index (χ3n) is 4.87. The van der Waals surface area contributed by atoms with Crippen LogP contribution in [-0.4, -0.2) is 31.9 Å². The number of nitrogens with two attached hydrogens (primary N) is 1. The topological polar surface area (TPSA) is 91.4 Å². The Morgan fingerprint density at radius 1 is 1.15 bits per heavy atom. The lowest BCUT2D eigenvalue weighted by molar-refractivity contribution is -0.131. The molecule has 6 nitrogen and oxygen atoms in total. The summed E-state index contributed by atoms with van der Waals surface area (Å²) in [4.78, 5) is 14.9. The number of rotatable bonds is 7. The van der Waals surface area contributed by atoms with Crippen molar-refractivity contribution in [3.8, 4) is 0 Å². The van der Waals surface area contributed by atoms with Crippen molar-refractivity contribution < 1.29 is 9.53 Å². The van der Waals surface area contributed by atoms with Gasteiger partial charge < -0.3 is 20.7 Å². The minimum atomic E-state index is -0.644. The van der Waals surface area contributed by atoms with Gasteiger partial charge in [0, 0.05) is 38.0 Å². The van der Waals surface area contributed by atoms with Gasteiger partial charge in [-0.15, -0.1) is 0 Å². The molecule has 0 aliphatic carbocycles. The Bertz CT molecular complexity index is 781. The van der Waals surface area contributed by atoms with Gasteiger partial charge in [0.15, 0.2) is 6.10 Å². The van der Waals surface area contributed by atoms with Crippen LogP contribution in [0.3, 0.4) is 0 Å². The molecule has 1 aliphatic heterocycles. The van der Waals surface area contributed by atoms with Crippen LogP contribution in [0.15, 0.2) is 48.5 Å². The molecule has 6 heteroatoms. The zero-order valence-electron chi connectivity index (χ0n) is 15.6. The Morgan fingerprint density at radius 2 is 1.78 bits per heavy atom. The monoisotopic (exact) mass is 366 g/mol. The first-order valence-corrected chi connectivity index (χ1v) is 9.17. The maximum atomic E-state index is 12.6. The summed E-state index contributed by atoms with van der Waals surface area (Å²) in [6, 6.07) is 15.3. The maximum Gasteiger partial charge on any atom is 0.254 e. The number of nitrogens with zero attached hydrogens (tertiary/aromatic N) is 1. The molecule has 1 saturated heterocycles. The van der Waals surface area contributed by atoms with Gasteiger partial charge in [0.2, 0.25) is 0 Å². The number of hydrogen-bond donors (Lipinski definition) is 3. The highest BCUT2D eigenvalue weighted by Gasteiger charge is 2.20. The highest BCUT2D eigenvalue weighted by molar-refractivity contribution is 5.94. The predicted octanol–water partition coefficient (Wildman–Crippen LogP) is 2.57. The van der Waals surface area contributed by atoms with Gasteiger partial charge in [-0.1, -0.05) is 36.4 Å². The van der Waals surface area contributed by atoms with Gasteiger partial charge in [-0.2, -0.15) is 0 Å². The Hall–Kier alpha value is -2.86. The summed E-state index contributed by atoms with van der Waals surface area (Å²) in [5.41, 5.74) is 9.08. The van der Waals surface area contributed by atoms with E-state index in [1.807, 2.05) is 24.3 Å². The van der Waals surface area contributed by atoms with Crippen molar-refractivity contribution >= 4 is 17.4 Å². The SMILES string of the molecule is CO[C@H](C(=O)NCc1ccc(C(=N)N)cc1)c1ccc(N2CCCC2)cc1. The summed E-state index contributed by atoms with van der Waals surface area (Å²) in [6.07, 6.45) is 1.82. The number of amides is 1. The molecule has 1 fully saturated rings. The van der Waals surface area contributed by atoms with Crippen molar-refractivity contribution in [2.24, 2.45) is 5.73 Å². The summed E-state index contributed by atoms with van der Waals surface area (Å²) in [6.45, 7) is 2.58. The Balaban J connectivity index is 1.60. The van der Waals surface area contributed by atoms with Crippen molar-refractivity contribution in [3.63, 3.8) is 0 Å². The Labute approximate surface area is 159 Å². The van der Waals surface area contributed by atoms with Crippen LogP contribution in [0.25, 0.3) is 0 Å². The standard InChI is InChI=1S/C21H26N4O2/c1-27-19(16-8-10-18(11-9-16)25-12-2-3-13-25)21(26)24-14-15-4-6-17(7-5-15)20(22)23/h4-11,19H,2-3,12-14H2,1H3,(H3,22,23)(H,24,26)/t19-/m0/s1. The number of nitrogen functional groups attached to an aromatic ring is 1. The minimum absolute atomic E-state index is 0.0300. The normalized spacial score (nSPS) is 14.8. The Morgan fingerprint density at radius 3 is 2.33 bits per heavy atom. The predicted molar refractivity (Wildman–Crippen MR) is 107 cm³/mol. The van der Waals surface area contributed by atoms with Crippen molar-refractivity contribution in [2.45, 2.75) is 25.5 Å². The van der Waals surface area contributed by atoms with Crippen molar-refractivity contribution in [1.29, 1.82) is 5.41 Å². The molecule has 0 unspecified atom stereocenters. The first kappa shape index (κ1) is 18.9. The van der Waals surface area contributed by atoms with Crippen LogP contribution in [0.5, 0.6) is 0 Å². The molecule has 0 saturated carbocycles. The first-order valence-electron chi connectivity index (χ1n) is 9.17. The summed E-state index contributed by atoms with van der Waals surface area (Å²) >= 11 is 0. The molecule has 2 aromatic rings. The zero-order chi connectivity index (χ0) is 19.2. The molecule has 3 rings (SSSR count). The largest absolute Gasteiger partial charge is 0.384 e. The molecule has 27 heavy (non-hydrogen) atoms. The van der Waals surface area contributed by atoms with E-state index in [0.717, 1.165) is 24.2 Å². The molecule has 0 spiro atoms. The number of nitrogens with one attached hydrogen (secondary N) is 2. The Kier molecular flexibility index (Phi) is 6.08. The van der Waals surface area contributed by atoms with E-state index in [1.165, 1.54) is 18.5 Å². The molecule has 4 N–H and O–H groups in total. The van der Waals surface area contributed by atoms with E-state index in [1.54, 1.807) is 19.2 Å². The fourth-order valence-corrected chi connectivity index (χ4v) is 3.31. The van der Waals surface area contributed by atoms with E-state index in [-0.39, 0.29) is 11.7 Å². The van der Waals surface area contributed by atoms with Crippen molar-refractivity contribution in [2.75, 3.05) is 25.1 Å². The molecule has 1 aliphatic rings. The van der Waals surface area contributed by atoms with E-state index in [4.69, 9.17) is 15.9 Å². The number of anilines is 1.